The second-order valence-corrected chi connectivity index (χ2v) is 3.96. The minimum atomic E-state index is -4.60. The van der Waals surface area contributed by atoms with Crippen molar-refractivity contribution in [2.45, 2.75) is 6.18 Å². The van der Waals surface area contributed by atoms with Crippen LogP contribution in [0.2, 0.25) is 0 Å². The molecule has 0 unspecified atom stereocenters. The first-order valence-electron chi connectivity index (χ1n) is 5.40. The number of halogens is 3. The van der Waals surface area contributed by atoms with Crippen LogP contribution >= 0.6 is 0 Å². The van der Waals surface area contributed by atoms with Gasteiger partial charge in [0.05, 0.1) is 16.6 Å². The number of primary amides is 1. The Hall–Kier alpha value is -2.91. The highest BCUT2D eigenvalue weighted by Gasteiger charge is 2.30. The van der Waals surface area contributed by atoms with Gasteiger partial charge in [0.25, 0.3) is 11.5 Å². The van der Waals surface area contributed by atoms with Crippen LogP contribution in [0, 0.1) is 0 Å². The van der Waals surface area contributed by atoms with Gasteiger partial charge in [-0.1, -0.05) is 0 Å². The average molecular weight is 300 g/mol. The number of urea groups is 1. The minimum Gasteiger partial charge on any atom is -0.351 e. The van der Waals surface area contributed by atoms with Gasteiger partial charge in [-0.3, -0.25) is 14.9 Å². The van der Waals surface area contributed by atoms with Gasteiger partial charge in [0, 0.05) is 0 Å². The average Bonchev–Trinajstić information content (AvgIpc) is 2.35. The Bertz CT molecular complexity index is 797. The van der Waals surface area contributed by atoms with Crippen LogP contribution in [0.15, 0.2) is 23.0 Å². The summed E-state index contributed by atoms with van der Waals surface area (Å²) in [6, 6.07) is 1.24. The SMILES string of the molecule is NC(=O)NC(=O)c1nc2cc(C(F)(F)F)ccc2[nH]c1=O. The van der Waals surface area contributed by atoms with E-state index in [2.05, 4.69) is 9.97 Å². The molecule has 2 rings (SSSR count). The molecule has 0 atom stereocenters. The molecule has 0 radical (unpaired) electrons. The van der Waals surface area contributed by atoms with E-state index in [4.69, 9.17) is 5.73 Å². The van der Waals surface area contributed by atoms with E-state index in [0.717, 1.165) is 12.1 Å². The Balaban J connectivity index is 2.59. The third kappa shape index (κ3) is 2.99. The van der Waals surface area contributed by atoms with Crippen molar-refractivity contribution in [3.8, 4) is 0 Å². The van der Waals surface area contributed by atoms with Crippen molar-refractivity contribution in [1.29, 1.82) is 0 Å². The number of hydrogen-bond acceptors (Lipinski definition) is 4. The van der Waals surface area contributed by atoms with Crippen molar-refractivity contribution >= 4 is 23.0 Å². The fourth-order valence-electron chi connectivity index (χ4n) is 1.58. The molecule has 10 heteroatoms. The Morgan fingerprint density at radius 2 is 1.95 bits per heavy atom. The maximum absolute atomic E-state index is 12.6. The van der Waals surface area contributed by atoms with Crippen LogP contribution in [0.4, 0.5) is 18.0 Å². The summed E-state index contributed by atoms with van der Waals surface area (Å²) in [4.78, 5) is 39.3. The minimum absolute atomic E-state index is 0.0172. The molecule has 0 spiro atoms. The Morgan fingerprint density at radius 3 is 2.52 bits per heavy atom. The van der Waals surface area contributed by atoms with Crippen LogP contribution in [0.1, 0.15) is 16.1 Å². The lowest BCUT2D eigenvalue weighted by Gasteiger charge is -2.07. The topological polar surface area (TPSA) is 118 Å². The quantitative estimate of drug-likeness (QED) is 0.720. The Kier molecular flexibility index (Phi) is 3.37. The maximum Gasteiger partial charge on any atom is 0.416 e. The lowest BCUT2D eigenvalue weighted by Crippen LogP contribution is -2.38. The molecule has 0 fully saturated rings. The number of nitrogens with two attached hydrogens (primary N) is 1. The molecule has 1 heterocycles. The van der Waals surface area contributed by atoms with E-state index < -0.39 is 34.9 Å². The molecule has 0 bridgehead atoms. The number of amides is 3. The first-order chi connectivity index (χ1) is 9.68. The van der Waals surface area contributed by atoms with E-state index in [1.54, 1.807) is 5.32 Å². The number of carbonyl (C=O) groups is 2. The van der Waals surface area contributed by atoms with Crippen molar-refractivity contribution < 1.29 is 22.8 Å². The molecule has 0 saturated heterocycles. The van der Waals surface area contributed by atoms with E-state index in [-0.39, 0.29) is 11.0 Å². The number of rotatable bonds is 1. The Morgan fingerprint density at radius 1 is 1.29 bits per heavy atom. The lowest BCUT2D eigenvalue weighted by molar-refractivity contribution is -0.137. The highest BCUT2D eigenvalue weighted by Crippen LogP contribution is 2.30. The van der Waals surface area contributed by atoms with E-state index in [1.807, 2.05) is 0 Å². The summed E-state index contributed by atoms with van der Waals surface area (Å²) in [5, 5.41) is 1.60. The second-order valence-electron chi connectivity index (χ2n) is 3.96. The van der Waals surface area contributed by atoms with E-state index >= 15 is 0 Å². The number of fused-ring (bicyclic) bond motifs is 1. The van der Waals surface area contributed by atoms with Gasteiger partial charge >= 0.3 is 12.2 Å². The summed E-state index contributed by atoms with van der Waals surface area (Å²) >= 11 is 0. The zero-order valence-corrected chi connectivity index (χ0v) is 10.1. The zero-order chi connectivity index (χ0) is 15.8. The van der Waals surface area contributed by atoms with Crippen LogP contribution < -0.4 is 16.6 Å². The second kappa shape index (κ2) is 4.89. The number of nitrogens with one attached hydrogen (secondary N) is 2. The number of aromatic nitrogens is 2. The zero-order valence-electron chi connectivity index (χ0n) is 10.1. The molecule has 3 amide bonds. The van der Waals surface area contributed by atoms with Crippen molar-refractivity contribution in [2.24, 2.45) is 5.73 Å². The molecule has 0 aliphatic rings. The number of aromatic amines is 1. The number of alkyl halides is 3. The summed E-state index contributed by atoms with van der Waals surface area (Å²) in [6.45, 7) is 0. The third-order valence-corrected chi connectivity index (χ3v) is 2.47. The first-order valence-corrected chi connectivity index (χ1v) is 5.40. The molecule has 7 nitrogen and oxygen atoms in total. The predicted octanol–water partition coefficient (Wildman–Crippen LogP) is 0.750. The molecule has 0 aliphatic carbocycles. The fourth-order valence-corrected chi connectivity index (χ4v) is 1.58. The molecular formula is C11H7F3N4O3. The number of carbonyl (C=O) groups excluding carboxylic acids is 2. The summed E-state index contributed by atoms with van der Waals surface area (Å²) in [6.07, 6.45) is -4.60. The monoisotopic (exact) mass is 300 g/mol. The fraction of sp³-hybridized carbons (Fsp3) is 0.0909. The lowest BCUT2D eigenvalue weighted by atomic mass is 10.2. The van der Waals surface area contributed by atoms with Gasteiger partial charge in [0.1, 0.15) is 0 Å². The molecule has 110 valence electrons. The summed E-state index contributed by atoms with van der Waals surface area (Å²) in [5.74, 6) is -1.21. The van der Waals surface area contributed by atoms with Crippen LogP contribution in [0.5, 0.6) is 0 Å². The van der Waals surface area contributed by atoms with Gasteiger partial charge < -0.3 is 10.7 Å². The molecule has 0 aliphatic heterocycles. The predicted molar refractivity (Wildman–Crippen MR) is 64.4 cm³/mol. The third-order valence-electron chi connectivity index (χ3n) is 2.47. The van der Waals surface area contributed by atoms with E-state index in [9.17, 15) is 27.6 Å². The smallest absolute Gasteiger partial charge is 0.351 e. The number of benzene rings is 1. The largest absolute Gasteiger partial charge is 0.416 e. The van der Waals surface area contributed by atoms with Gasteiger partial charge in [-0.2, -0.15) is 13.2 Å². The summed E-state index contributed by atoms with van der Waals surface area (Å²) in [7, 11) is 0. The Labute approximate surface area is 114 Å². The van der Waals surface area contributed by atoms with Gasteiger partial charge in [-0.05, 0) is 18.2 Å². The van der Waals surface area contributed by atoms with Crippen LogP contribution in [0.25, 0.3) is 11.0 Å². The summed E-state index contributed by atoms with van der Waals surface area (Å²) in [5.41, 5.74) is 1.77. The highest BCUT2D eigenvalue weighted by molar-refractivity contribution is 6.03. The molecule has 2 aromatic rings. The standard InChI is InChI=1S/C11H7F3N4O3/c12-11(13,14)4-1-2-5-6(3-4)16-7(8(19)17-5)9(20)18-10(15)21/h1-3H,(H,17,19)(H3,15,18,20,21). The van der Waals surface area contributed by atoms with E-state index in [0.29, 0.717) is 6.07 Å². The molecule has 1 aromatic heterocycles. The number of imide groups is 1. The van der Waals surface area contributed by atoms with Gasteiger partial charge in [-0.25, -0.2) is 9.78 Å². The van der Waals surface area contributed by atoms with Gasteiger partial charge in [0.2, 0.25) is 0 Å². The van der Waals surface area contributed by atoms with E-state index in [1.165, 1.54) is 0 Å². The molecule has 4 N–H and O–H groups in total. The maximum atomic E-state index is 12.6. The van der Waals surface area contributed by atoms with Crippen LogP contribution in [-0.4, -0.2) is 21.9 Å². The number of hydrogen-bond donors (Lipinski definition) is 3. The molecule has 0 saturated carbocycles. The highest BCUT2D eigenvalue weighted by atomic mass is 19.4. The van der Waals surface area contributed by atoms with Crippen molar-refractivity contribution in [3.05, 3.63) is 39.8 Å². The van der Waals surface area contributed by atoms with Crippen molar-refractivity contribution in [1.82, 2.24) is 15.3 Å². The van der Waals surface area contributed by atoms with Crippen LogP contribution in [0.3, 0.4) is 0 Å². The molecule has 1 aromatic carbocycles. The molecule has 21 heavy (non-hydrogen) atoms. The first kappa shape index (κ1) is 14.5. The normalized spacial score (nSPS) is 11.4. The van der Waals surface area contributed by atoms with Crippen molar-refractivity contribution in [2.75, 3.05) is 0 Å². The van der Waals surface area contributed by atoms with Crippen molar-refractivity contribution in [3.63, 3.8) is 0 Å². The molecular weight excluding hydrogens is 293 g/mol. The van der Waals surface area contributed by atoms with Crippen LogP contribution in [-0.2, 0) is 6.18 Å². The van der Waals surface area contributed by atoms with Gasteiger partial charge in [0.15, 0.2) is 5.69 Å². The number of nitrogens with zero attached hydrogens (tertiary/aromatic N) is 1. The summed E-state index contributed by atoms with van der Waals surface area (Å²) < 4.78 is 37.8. The van der Waals surface area contributed by atoms with Gasteiger partial charge in [-0.15, -0.1) is 0 Å². The number of H-pyrrole nitrogens is 1.